The van der Waals surface area contributed by atoms with Gasteiger partial charge in [-0.25, -0.2) is 0 Å². The van der Waals surface area contributed by atoms with Gasteiger partial charge in [0.1, 0.15) is 0 Å². The minimum absolute atomic E-state index is 0.0509. The molecule has 0 bridgehead atoms. The summed E-state index contributed by atoms with van der Waals surface area (Å²) in [5.41, 5.74) is 6.35. The van der Waals surface area contributed by atoms with Gasteiger partial charge in [-0.05, 0) is 30.4 Å². The van der Waals surface area contributed by atoms with E-state index in [1.807, 2.05) is 12.1 Å². The summed E-state index contributed by atoms with van der Waals surface area (Å²) >= 11 is 6.00. The lowest BCUT2D eigenvalue weighted by atomic mass is 10.1. The van der Waals surface area contributed by atoms with Crippen LogP contribution in [0.4, 0.5) is 0 Å². The smallest absolute Gasteiger partial charge is 0.225 e. The van der Waals surface area contributed by atoms with Crippen molar-refractivity contribution in [3.05, 3.63) is 34.9 Å². The van der Waals surface area contributed by atoms with Crippen LogP contribution in [-0.4, -0.2) is 23.0 Å². The van der Waals surface area contributed by atoms with E-state index in [0.29, 0.717) is 5.02 Å². The molecule has 0 radical (unpaired) electrons. The van der Waals surface area contributed by atoms with E-state index in [9.17, 15) is 4.79 Å². The molecule has 2 rings (SSSR count). The van der Waals surface area contributed by atoms with Crippen molar-refractivity contribution in [1.29, 1.82) is 0 Å². The van der Waals surface area contributed by atoms with Gasteiger partial charge in [-0.15, -0.1) is 0 Å². The molecule has 6 heteroatoms. The zero-order chi connectivity index (χ0) is 13.8. The molecule has 0 spiro atoms. The Morgan fingerprint density at radius 3 is 2.79 bits per heavy atom. The van der Waals surface area contributed by atoms with E-state index in [1.165, 1.54) is 0 Å². The number of halogens is 1. The molecule has 102 valence electrons. The third-order valence-corrected chi connectivity index (χ3v) is 3.52. The molecule has 0 heterocycles. The molecule has 1 aliphatic carbocycles. The van der Waals surface area contributed by atoms with Gasteiger partial charge >= 0.3 is 0 Å². The summed E-state index contributed by atoms with van der Waals surface area (Å²) in [5.74, 6) is 0.137. The molecule has 0 saturated heterocycles. The summed E-state index contributed by atoms with van der Waals surface area (Å²) in [6.07, 6.45) is 2.14. The lowest BCUT2D eigenvalue weighted by Crippen LogP contribution is -2.46. The highest BCUT2D eigenvalue weighted by Gasteiger charge is 2.35. The van der Waals surface area contributed by atoms with Crippen LogP contribution in [0.25, 0.3) is 0 Å². The van der Waals surface area contributed by atoms with E-state index in [-0.39, 0.29) is 30.1 Å². The third kappa shape index (κ3) is 3.61. The first-order valence-electron chi connectivity index (χ1n) is 6.12. The Hall–Kier alpha value is -1.75. The number of hydrogen-bond donors (Lipinski definition) is 3. The molecule has 1 amide bonds. The van der Waals surface area contributed by atoms with E-state index >= 15 is 0 Å². The van der Waals surface area contributed by atoms with Crippen molar-refractivity contribution >= 4 is 23.3 Å². The first-order chi connectivity index (χ1) is 9.11. The number of benzene rings is 1. The van der Waals surface area contributed by atoms with Crippen LogP contribution in [0.5, 0.6) is 0 Å². The molecule has 0 aliphatic heterocycles. The minimum Gasteiger partial charge on any atom is -0.409 e. The van der Waals surface area contributed by atoms with Crippen LogP contribution in [0.15, 0.2) is 29.4 Å². The molecule has 4 N–H and O–H groups in total. The molecule has 1 aromatic rings. The second-order valence-corrected chi connectivity index (χ2v) is 5.08. The van der Waals surface area contributed by atoms with Crippen LogP contribution in [0.1, 0.15) is 18.4 Å². The SMILES string of the molecule is NC(=NO)C(NC(=O)Cc1ccccc1Cl)C1CC1. The van der Waals surface area contributed by atoms with Crippen LogP contribution < -0.4 is 11.1 Å². The lowest BCUT2D eigenvalue weighted by molar-refractivity contribution is -0.120. The van der Waals surface area contributed by atoms with Gasteiger partial charge in [-0.3, -0.25) is 4.79 Å². The van der Waals surface area contributed by atoms with Crippen molar-refractivity contribution in [2.75, 3.05) is 0 Å². The first-order valence-corrected chi connectivity index (χ1v) is 6.49. The predicted octanol–water partition coefficient (Wildman–Crippen LogP) is 1.52. The summed E-state index contributed by atoms with van der Waals surface area (Å²) < 4.78 is 0. The predicted molar refractivity (Wildman–Crippen MR) is 73.2 cm³/mol. The van der Waals surface area contributed by atoms with Crippen molar-refractivity contribution < 1.29 is 10.0 Å². The quantitative estimate of drug-likeness (QED) is 0.331. The van der Waals surface area contributed by atoms with Crippen molar-refractivity contribution in [2.45, 2.75) is 25.3 Å². The van der Waals surface area contributed by atoms with Crippen LogP contribution in [0, 0.1) is 5.92 Å². The van der Waals surface area contributed by atoms with Crippen LogP contribution in [0.3, 0.4) is 0 Å². The molecular weight excluding hydrogens is 266 g/mol. The fourth-order valence-corrected chi connectivity index (χ4v) is 2.17. The maximum Gasteiger partial charge on any atom is 0.225 e. The Morgan fingerprint density at radius 2 is 2.21 bits per heavy atom. The lowest BCUT2D eigenvalue weighted by Gasteiger charge is -2.16. The molecule has 19 heavy (non-hydrogen) atoms. The van der Waals surface area contributed by atoms with Gasteiger partial charge in [0.15, 0.2) is 5.84 Å². The summed E-state index contributed by atoms with van der Waals surface area (Å²) in [4.78, 5) is 12.0. The number of carbonyl (C=O) groups excluding carboxylic acids is 1. The van der Waals surface area contributed by atoms with Crippen molar-refractivity contribution in [3.8, 4) is 0 Å². The summed E-state index contributed by atoms with van der Waals surface area (Å²) in [6.45, 7) is 0. The number of nitrogens with zero attached hydrogens (tertiary/aromatic N) is 1. The number of rotatable bonds is 5. The number of nitrogens with two attached hydrogens (primary N) is 1. The maximum atomic E-state index is 12.0. The average molecular weight is 282 g/mol. The van der Waals surface area contributed by atoms with Crippen LogP contribution >= 0.6 is 11.6 Å². The topological polar surface area (TPSA) is 87.7 Å². The normalized spacial score (nSPS) is 17.0. The number of oxime groups is 1. The largest absolute Gasteiger partial charge is 0.409 e. The van der Waals surface area contributed by atoms with Gasteiger partial charge in [0.25, 0.3) is 0 Å². The standard InChI is InChI=1S/C13H16ClN3O2/c14-10-4-2-1-3-9(10)7-11(18)16-12(8-5-6-8)13(15)17-19/h1-4,8,12,19H,5-7H2,(H2,15,17)(H,16,18). The number of hydrogen-bond acceptors (Lipinski definition) is 3. The van der Waals surface area contributed by atoms with Crippen molar-refractivity contribution in [3.63, 3.8) is 0 Å². The van der Waals surface area contributed by atoms with Gasteiger partial charge in [0.2, 0.25) is 5.91 Å². The highest BCUT2D eigenvalue weighted by molar-refractivity contribution is 6.31. The van der Waals surface area contributed by atoms with Gasteiger partial charge in [-0.1, -0.05) is 35.0 Å². The maximum absolute atomic E-state index is 12.0. The number of amidine groups is 1. The third-order valence-electron chi connectivity index (χ3n) is 3.15. The molecule has 1 aromatic carbocycles. The monoisotopic (exact) mass is 281 g/mol. The molecule has 1 saturated carbocycles. The zero-order valence-electron chi connectivity index (χ0n) is 10.3. The Morgan fingerprint density at radius 1 is 1.53 bits per heavy atom. The van der Waals surface area contributed by atoms with E-state index in [4.69, 9.17) is 22.5 Å². The molecule has 5 nitrogen and oxygen atoms in total. The van der Waals surface area contributed by atoms with Crippen molar-refractivity contribution in [1.82, 2.24) is 5.32 Å². The number of amides is 1. The number of carbonyl (C=O) groups is 1. The molecule has 1 unspecified atom stereocenters. The Kier molecular flexibility index (Phi) is 4.27. The minimum atomic E-state index is -0.389. The number of nitrogens with one attached hydrogen (secondary N) is 1. The summed E-state index contributed by atoms with van der Waals surface area (Å²) in [6, 6.07) is 6.80. The molecule has 1 aliphatic rings. The average Bonchev–Trinajstić information content (AvgIpc) is 3.22. The van der Waals surface area contributed by atoms with E-state index in [0.717, 1.165) is 18.4 Å². The van der Waals surface area contributed by atoms with E-state index in [1.54, 1.807) is 12.1 Å². The fourth-order valence-electron chi connectivity index (χ4n) is 1.96. The van der Waals surface area contributed by atoms with Crippen molar-refractivity contribution in [2.24, 2.45) is 16.8 Å². The van der Waals surface area contributed by atoms with Gasteiger partial charge in [0, 0.05) is 5.02 Å². The Bertz CT molecular complexity index is 500. The molecule has 0 aromatic heterocycles. The van der Waals surface area contributed by atoms with Gasteiger partial charge in [0.05, 0.1) is 12.5 Å². The summed E-state index contributed by atoms with van der Waals surface area (Å²) in [5, 5.41) is 15.1. The highest BCUT2D eigenvalue weighted by Crippen LogP contribution is 2.32. The Balaban J connectivity index is 1.98. The summed E-state index contributed by atoms with van der Waals surface area (Å²) in [7, 11) is 0. The molecule has 1 fully saturated rings. The Labute approximate surface area is 116 Å². The van der Waals surface area contributed by atoms with E-state index < -0.39 is 0 Å². The van der Waals surface area contributed by atoms with E-state index in [2.05, 4.69) is 10.5 Å². The van der Waals surface area contributed by atoms with Crippen LogP contribution in [-0.2, 0) is 11.2 Å². The zero-order valence-corrected chi connectivity index (χ0v) is 11.1. The van der Waals surface area contributed by atoms with Gasteiger partial charge < -0.3 is 16.3 Å². The first kappa shape index (κ1) is 13.7. The van der Waals surface area contributed by atoms with Crippen LogP contribution in [0.2, 0.25) is 5.02 Å². The second kappa shape index (κ2) is 5.93. The second-order valence-electron chi connectivity index (χ2n) is 4.68. The highest BCUT2D eigenvalue weighted by atomic mass is 35.5. The molecular formula is C13H16ClN3O2. The van der Waals surface area contributed by atoms with Gasteiger partial charge in [-0.2, -0.15) is 0 Å². The molecule has 1 atom stereocenters. The fraction of sp³-hybridized carbons (Fsp3) is 0.385.